The lowest BCUT2D eigenvalue weighted by Gasteiger charge is -2.17. The van der Waals surface area contributed by atoms with Crippen LogP contribution in [0.5, 0.6) is 0 Å². The number of rotatable bonds is 8. The molecule has 1 fully saturated rings. The second-order valence-corrected chi connectivity index (χ2v) is 9.26. The summed E-state index contributed by atoms with van der Waals surface area (Å²) in [6.07, 6.45) is 1.66. The summed E-state index contributed by atoms with van der Waals surface area (Å²) in [5.74, 6) is 0.450. The summed E-state index contributed by atoms with van der Waals surface area (Å²) in [7, 11) is 0. The molecule has 198 valence electrons. The van der Waals surface area contributed by atoms with Gasteiger partial charge >= 0.3 is 0 Å². The van der Waals surface area contributed by atoms with Gasteiger partial charge in [-0.2, -0.15) is 0 Å². The number of benzene rings is 2. The van der Waals surface area contributed by atoms with E-state index in [1.54, 1.807) is 13.0 Å². The zero-order valence-electron chi connectivity index (χ0n) is 21.1. The van der Waals surface area contributed by atoms with Gasteiger partial charge in [0.1, 0.15) is 11.9 Å². The van der Waals surface area contributed by atoms with Crippen LogP contribution in [0.2, 0.25) is 0 Å². The number of halogens is 2. The summed E-state index contributed by atoms with van der Waals surface area (Å²) < 4.78 is 0. The van der Waals surface area contributed by atoms with Crippen molar-refractivity contribution in [3.05, 3.63) is 83.6 Å². The van der Waals surface area contributed by atoms with E-state index in [4.69, 9.17) is 5.73 Å². The number of nitrogens with one attached hydrogen (secondary N) is 3. The van der Waals surface area contributed by atoms with Gasteiger partial charge in [-0.3, -0.25) is 9.59 Å². The first-order valence-corrected chi connectivity index (χ1v) is 12.1. The number of hydrogen-bond donors (Lipinski definition) is 4. The second-order valence-electron chi connectivity index (χ2n) is 9.26. The predicted octanol–water partition coefficient (Wildman–Crippen LogP) is 3.82. The van der Waals surface area contributed by atoms with Gasteiger partial charge in [0, 0.05) is 12.2 Å². The predicted molar refractivity (Wildman–Crippen MR) is 153 cm³/mol. The highest BCUT2D eigenvalue weighted by Crippen LogP contribution is 2.23. The number of amides is 2. The Labute approximate surface area is 230 Å². The first-order chi connectivity index (χ1) is 16.9. The molecule has 0 unspecified atom stereocenters. The van der Waals surface area contributed by atoms with Crippen molar-refractivity contribution in [2.45, 2.75) is 45.3 Å². The van der Waals surface area contributed by atoms with Crippen LogP contribution in [0.1, 0.15) is 30.2 Å². The summed E-state index contributed by atoms with van der Waals surface area (Å²) in [6, 6.07) is 21.6. The van der Waals surface area contributed by atoms with Crippen molar-refractivity contribution in [2.24, 2.45) is 5.92 Å². The number of nitrogens with zero attached hydrogens (tertiary/aromatic N) is 1. The minimum Gasteiger partial charge on any atom is -0.384 e. The number of anilines is 1. The molecule has 0 aliphatic carbocycles. The van der Waals surface area contributed by atoms with Crippen molar-refractivity contribution in [1.82, 2.24) is 20.9 Å². The minimum atomic E-state index is -0.629. The smallest absolute Gasteiger partial charge is 0.242 e. The number of aryl methyl sites for hydroxylation is 1. The second kappa shape index (κ2) is 14.0. The lowest BCUT2D eigenvalue weighted by Crippen LogP contribution is -2.50. The average Bonchev–Trinajstić information content (AvgIpc) is 3.33. The molecule has 0 radical (unpaired) electrons. The third-order valence-corrected chi connectivity index (χ3v) is 6.55. The molecule has 0 saturated carbocycles. The van der Waals surface area contributed by atoms with Crippen LogP contribution in [-0.4, -0.2) is 35.4 Å². The Morgan fingerprint density at radius 1 is 1.03 bits per heavy atom. The van der Waals surface area contributed by atoms with Crippen LogP contribution in [0.25, 0.3) is 11.1 Å². The van der Waals surface area contributed by atoms with Crippen LogP contribution >= 0.6 is 24.8 Å². The first kappa shape index (κ1) is 30.1. The summed E-state index contributed by atoms with van der Waals surface area (Å²) in [5.41, 5.74) is 11.0. The van der Waals surface area contributed by atoms with Gasteiger partial charge in [-0.1, -0.05) is 60.7 Å². The van der Waals surface area contributed by atoms with Crippen LogP contribution in [0.3, 0.4) is 0 Å². The van der Waals surface area contributed by atoms with Crippen LogP contribution in [0, 0.1) is 12.8 Å². The molecule has 1 aliphatic heterocycles. The van der Waals surface area contributed by atoms with E-state index in [-0.39, 0.29) is 42.7 Å². The van der Waals surface area contributed by atoms with Gasteiger partial charge in [-0.15, -0.1) is 24.8 Å². The highest BCUT2D eigenvalue weighted by atomic mass is 35.5. The highest BCUT2D eigenvalue weighted by Gasteiger charge is 2.30. The largest absolute Gasteiger partial charge is 0.384 e. The van der Waals surface area contributed by atoms with Gasteiger partial charge < -0.3 is 21.7 Å². The Kier molecular flexibility index (Phi) is 11.4. The topological polar surface area (TPSA) is 109 Å². The standard InChI is InChI=1S/C28H33N5O2.2ClH/c1-18-24(12-13-26(29)32-18)17-31-27(34)19(2)33-28(35)25-15-21(16-30-25)14-20-8-10-23(11-9-20)22-6-4-3-5-7-22;;/h3-13,19,21,25,30H,14-17H2,1-2H3,(H2,29,32)(H,31,34)(H,33,35);2*1H/t19-,21-,25+;;/m0../s1. The molecule has 37 heavy (non-hydrogen) atoms. The lowest BCUT2D eigenvalue weighted by molar-refractivity contribution is -0.129. The molecule has 1 aromatic heterocycles. The minimum absolute atomic E-state index is 0. The van der Waals surface area contributed by atoms with Crippen molar-refractivity contribution >= 4 is 42.4 Å². The van der Waals surface area contributed by atoms with E-state index in [2.05, 4.69) is 57.3 Å². The summed E-state index contributed by atoms with van der Waals surface area (Å²) in [5, 5.41) is 9.02. The number of nitrogens with two attached hydrogens (primary N) is 1. The Morgan fingerprint density at radius 2 is 1.70 bits per heavy atom. The molecule has 5 N–H and O–H groups in total. The number of carbonyl (C=O) groups is 2. The maximum absolute atomic E-state index is 12.7. The van der Waals surface area contributed by atoms with Crippen LogP contribution in [0.4, 0.5) is 5.82 Å². The number of carbonyl (C=O) groups excluding carboxylic acids is 2. The normalized spacial score (nSPS) is 17.1. The maximum Gasteiger partial charge on any atom is 0.242 e. The van der Waals surface area contributed by atoms with Crippen molar-refractivity contribution < 1.29 is 9.59 Å². The van der Waals surface area contributed by atoms with Crippen molar-refractivity contribution in [3.63, 3.8) is 0 Å². The lowest BCUT2D eigenvalue weighted by atomic mass is 9.95. The van der Waals surface area contributed by atoms with E-state index in [9.17, 15) is 9.59 Å². The van der Waals surface area contributed by atoms with E-state index >= 15 is 0 Å². The van der Waals surface area contributed by atoms with E-state index in [0.717, 1.165) is 30.6 Å². The third-order valence-electron chi connectivity index (χ3n) is 6.55. The zero-order valence-corrected chi connectivity index (χ0v) is 22.7. The van der Waals surface area contributed by atoms with Crippen molar-refractivity contribution in [3.8, 4) is 11.1 Å². The number of nitrogen functional groups attached to an aromatic ring is 1. The zero-order chi connectivity index (χ0) is 24.8. The molecule has 2 amide bonds. The van der Waals surface area contributed by atoms with Crippen molar-refractivity contribution in [1.29, 1.82) is 0 Å². The molecule has 1 saturated heterocycles. The van der Waals surface area contributed by atoms with E-state index < -0.39 is 6.04 Å². The van der Waals surface area contributed by atoms with Gasteiger partial charge in [0.05, 0.1) is 6.04 Å². The molecule has 3 aromatic rings. The van der Waals surface area contributed by atoms with Crippen LogP contribution in [-0.2, 0) is 22.6 Å². The molecule has 7 nitrogen and oxygen atoms in total. The molecule has 0 bridgehead atoms. The van der Waals surface area contributed by atoms with Gasteiger partial charge in [0.2, 0.25) is 11.8 Å². The third kappa shape index (κ3) is 8.18. The maximum atomic E-state index is 12.7. The van der Waals surface area contributed by atoms with E-state index in [1.165, 1.54) is 16.7 Å². The summed E-state index contributed by atoms with van der Waals surface area (Å²) in [6.45, 7) is 4.67. The molecule has 3 atom stereocenters. The summed E-state index contributed by atoms with van der Waals surface area (Å²) >= 11 is 0. The fourth-order valence-corrected chi connectivity index (χ4v) is 4.47. The van der Waals surface area contributed by atoms with Gasteiger partial charge in [0.15, 0.2) is 0 Å². The molecular weight excluding hydrogens is 509 g/mol. The molecule has 0 spiro atoms. The highest BCUT2D eigenvalue weighted by molar-refractivity contribution is 5.89. The molecular formula is C28H35Cl2N5O2. The van der Waals surface area contributed by atoms with Crippen molar-refractivity contribution in [2.75, 3.05) is 12.3 Å². The fraction of sp³-hybridized carbons (Fsp3) is 0.321. The van der Waals surface area contributed by atoms with Gasteiger partial charge in [-0.05, 0) is 67.5 Å². The SMILES string of the molecule is Cc1nc(N)ccc1CNC(=O)[C@H](C)NC(=O)[C@H]1C[C@H](Cc2ccc(-c3ccccc3)cc2)CN1.Cl.Cl. The molecule has 2 aromatic carbocycles. The molecule has 1 aliphatic rings. The van der Waals surface area contributed by atoms with Gasteiger partial charge in [-0.25, -0.2) is 4.98 Å². The molecule has 4 rings (SSSR count). The van der Waals surface area contributed by atoms with E-state index in [0.29, 0.717) is 18.3 Å². The number of aromatic nitrogens is 1. The number of hydrogen-bond acceptors (Lipinski definition) is 5. The Bertz CT molecular complexity index is 1170. The molecule has 2 heterocycles. The monoisotopic (exact) mass is 543 g/mol. The average molecular weight is 545 g/mol. The Hall–Kier alpha value is -3.13. The Morgan fingerprint density at radius 3 is 2.38 bits per heavy atom. The first-order valence-electron chi connectivity index (χ1n) is 12.1. The quantitative estimate of drug-likeness (QED) is 0.345. The Balaban J connectivity index is 0.00000241. The van der Waals surface area contributed by atoms with E-state index in [1.807, 2.05) is 31.2 Å². The fourth-order valence-electron chi connectivity index (χ4n) is 4.47. The number of pyridine rings is 1. The van der Waals surface area contributed by atoms with Gasteiger partial charge in [0.25, 0.3) is 0 Å². The van der Waals surface area contributed by atoms with Crippen LogP contribution in [0.15, 0.2) is 66.7 Å². The van der Waals surface area contributed by atoms with Crippen LogP contribution < -0.4 is 21.7 Å². The molecule has 9 heteroatoms. The summed E-state index contributed by atoms with van der Waals surface area (Å²) in [4.78, 5) is 29.4.